The highest BCUT2D eigenvalue weighted by Crippen LogP contribution is 2.23. The number of aryl methyl sites for hydroxylation is 1. The number of nitrogens with zero attached hydrogens (tertiary/aromatic N) is 3. The quantitative estimate of drug-likeness (QED) is 0.865. The molecule has 3 rings (SSSR count). The minimum atomic E-state index is 0.701. The minimum Gasteiger partial charge on any atom is -0.494 e. The lowest BCUT2D eigenvalue weighted by Gasteiger charge is -2.28. The lowest BCUT2D eigenvalue weighted by atomic mass is 10.1. The van der Waals surface area contributed by atoms with Crippen molar-refractivity contribution in [2.24, 2.45) is 0 Å². The summed E-state index contributed by atoms with van der Waals surface area (Å²) in [5, 5.41) is 0. The van der Waals surface area contributed by atoms with Gasteiger partial charge in [0.2, 0.25) is 0 Å². The molecule has 0 radical (unpaired) electrons. The average molecular weight is 283 g/mol. The molecule has 0 fully saturated rings. The third-order valence-electron chi connectivity index (χ3n) is 3.80. The van der Waals surface area contributed by atoms with Crippen LogP contribution in [0.4, 0.5) is 0 Å². The van der Waals surface area contributed by atoms with Crippen molar-refractivity contribution in [1.82, 2.24) is 14.9 Å². The molecular weight excluding hydrogens is 262 g/mol. The first-order chi connectivity index (χ1) is 10.3. The molecule has 0 spiro atoms. The van der Waals surface area contributed by atoms with Crippen molar-refractivity contribution >= 4 is 0 Å². The summed E-state index contributed by atoms with van der Waals surface area (Å²) in [6.07, 6.45) is 2.97. The standard InChI is InChI=1S/C17H21N3O/c1-3-21-17-7-5-4-6-14(17)11-20-9-8-16-15(12-20)10-18-13(2)19-16/h4-7,10H,3,8-9,11-12H2,1-2H3. The van der Waals surface area contributed by atoms with E-state index in [0.29, 0.717) is 6.61 Å². The zero-order chi connectivity index (χ0) is 14.7. The van der Waals surface area contributed by atoms with E-state index in [1.165, 1.54) is 16.8 Å². The van der Waals surface area contributed by atoms with Gasteiger partial charge in [-0.25, -0.2) is 9.97 Å². The Morgan fingerprint density at radius 3 is 3.00 bits per heavy atom. The van der Waals surface area contributed by atoms with Crippen molar-refractivity contribution in [3.63, 3.8) is 0 Å². The van der Waals surface area contributed by atoms with Crippen LogP contribution in [-0.4, -0.2) is 28.0 Å². The second kappa shape index (κ2) is 6.22. The van der Waals surface area contributed by atoms with Gasteiger partial charge >= 0.3 is 0 Å². The van der Waals surface area contributed by atoms with Crippen LogP contribution in [-0.2, 0) is 19.5 Å². The van der Waals surface area contributed by atoms with E-state index in [9.17, 15) is 0 Å². The van der Waals surface area contributed by atoms with E-state index in [1.54, 1.807) is 0 Å². The van der Waals surface area contributed by atoms with Crippen LogP contribution in [0, 0.1) is 6.92 Å². The van der Waals surface area contributed by atoms with E-state index in [4.69, 9.17) is 4.74 Å². The molecule has 0 saturated heterocycles. The third kappa shape index (κ3) is 3.22. The smallest absolute Gasteiger partial charge is 0.125 e. The minimum absolute atomic E-state index is 0.701. The van der Waals surface area contributed by atoms with Gasteiger partial charge in [0, 0.05) is 49.1 Å². The lowest BCUT2D eigenvalue weighted by Crippen LogP contribution is -2.31. The number of ether oxygens (including phenoxy) is 1. The van der Waals surface area contributed by atoms with E-state index in [0.717, 1.165) is 37.6 Å². The Morgan fingerprint density at radius 2 is 2.14 bits per heavy atom. The molecule has 1 aliphatic heterocycles. The van der Waals surface area contributed by atoms with Crippen LogP contribution < -0.4 is 4.74 Å². The zero-order valence-electron chi connectivity index (χ0n) is 12.7. The normalized spacial score (nSPS) is 14.8. The van der Waals surface area contributed by atoms with Crippen LogP contribution in [0.3, 0.4) is 0 Å². The van der Waals surface area contributed by atoms with Gasteiger partial charge in [-0.15, -0.1) is 0 Å². The number of rotatable bonds is 4. The van der Waals surface area contributed by atoms with E-state index in [1.807, 2.05) is 32.2 Å². The summed E-state index contributed by atoms with van der Waals surface area (Å²) in [7, 11) is 0. The van der Waals surface area contributed by atoms with Crippen molar-refractivity contribution in [3.8, 4) is 5.75 Å². The highest BCUT2D eigenvalue weighted by molar-refractivity contribution is 5.33. The second-order valence-electron chi connectivity index (χ2n) is 5.39. The molecule has 0 saturated carbocycles. The maximum Gasteiger partial charge on any atom is 0.125 e. The van der Waals surface area contributed by atoms with Crippen LogP contribution in [0.1, 0.15) is 29.6 Å². The number of benzene rings is 1. The first-order valence-corrected chi connectivity index (χ1v) is 7.50. The van der Waals surface area contributed by atoms with Gasteiger partial charge in [-0.2, -0.15) is 0 Å². The highest BCUT2D eigenvalue weighted by Gasteiger charge is 2.19. The molecule has 2 aromatic rings. The summed E-state index contributed by atoms with van der Waals surface area (Å²) in [6.45, 7) is 7.52. The van der Waals surface area contributed by atoms with Gasteiger partial charge in [0.25, 0.3) is 0 Å². The first-order valence-electron chi connectivity index (χ1n) is 7.50. The van der Waals surface area contributed by atoms with Crippen LogP contribution in [0.15, 0.2) is 30.5 Å². The Balaban J connectivity index is 1.74. The molecule has 2 heterocycles. The molecule has 0 aliphatic carbocycles. The van der Waals surface area contributed by atoms with Gasteiger partial charge < -0.3 is 4.74 Å². The van der Waals surface area contributed by atoms with Crippen molar-refractivity contribution < 1.29 is 4.74 Å². The van der Waals surface area contributed by atoms with Crippen molar-refractivity contribution in [2.75, 3.05) is 13.2 Å². The molecule has 0 amide bonds. The average Bonchev–Trinajstić information content (AvgIpc) is 2.50. The Morgan fingerprint density at radius 1 is 1.29 bits per heavy atom. The number of hydrogen-bond donors (Lipinski definition) is 0. The third-order valence-corrected chi connectivity index (χ3v) is 3.80. The molecule has 1 aromatic carbocycles. The lowest BCUT2D eigenvalue weighted by molar-refractivity contribution is 0.236. The summed E-state index contributed by atoms with van der Waals surface area (Å²) in [6, 6.07) is 8.29. The largest absolute Gasteiger partial charge is 0.494 e. The number of para-hydroxylation sites is 1. The molecule has 0 atom stereocenters. The first kappa shape index (κ1) is 14.0. The molecule has 1 aromatic heterocycles. The van der Waals surface area contributed by atoms with Gasteiger partial charge in [0.1, 0.15) is 11.6 Å². The molecule has 110 valence electrons. The fraction of sp³-hybridized carbons (Fsp3) is 0.412. The fourth-order valence-corrected chi connectivity index (χ4v) is 2.78. The molecule has 0 unspecified atom stereocenters. The van der Waals surface area contributed by atoms with E-state index in [-0.39, 0.29) is 0 Å². The second-order valence-corrected chi connectivity index (χ2v) is 5.39. The van der Waals surface area contributed by atoms with Gasteiger partial charge in [0.05, 0.1) is 6.61 Å². The molecule has 1 aliphatic rings. The Bertz CT molecular complexity index is 627. The van der Waals surface area contributed by atoms with Crippen LogP contribution in [0.25, 0.3) is 0 Å². The SMILES string of the molecule is CCOc1ccccc1CN1CCc2nc(C)ncc2C1. The van der Waals surface area contributed by atoms with Crippen molar-refractivity contribution in [3.05, 3.63) is 53.1 Å². The molecular formula is C17H21N3O. The predicted octanol–water partition coefficient (Wildman–Crippen LogP) is 2.74. The Labute approximate surface area is 125 Å². The Kier molecular flexibility index (Phi) is 4.15. The fourth-order valence-electron chi connectivity index (χ4n) is 2.78. The van der Waals surface area contributed by atoms with E-state index in [2.05, 4.69) is 27.0 Å². The summed E-state index contributed by atoms with van der Waals surface area (Å²) in [5.41, 5.74) is 3.70. The van der Waals surface area contributed by atoms with Crippen LogP contribution in [0.5, 0.6) is 5.75 Å². The zero-order valence-corrected chi connectivity index (χ0v) is 12.7. The van der Waals surface area contributed by atoms with Gasteiger partial charge in [-0.05, 0) is 19.9 Å². The highest BCUT2D eigenvalue weighted by atomic mass is 16.5. The summed E-state index contributed by atoms with van der Waals surface area (Å²) in [4.78, 5) is 11.3. The van der Waals surface area contributed by atoms with Gasteiger partial charge in [0.15, 0.2) is 0 Å². The van der Waals surface area contributed by atoms with Crippen molar-refractivity contribution in [1.29, 1.82) is 0 Å². The topological polar surface area (TPSA) is 38.2 Å². The predicted molar refractivity (Wildman–Crippen MR) is 82.2 cm³/mol. The summed E-state index contributed by atoms with van der Waals surface area (Å²) < 4.78 is 5.71. The monoisotopic (exact) mass is 283 g/mol. The van der Waals surface area contributed by atoms with E-state index < -0.39 is 0 Å². The summed E-state index contributed by atoms with van der Waals surface area (Å²) in [5.74, 6) is 1.86. The van der Waals surface area contributed by atoms with Crippen LogP contribution >= 0.6 is 0 Å². The maximum absolute atomic E-state index is 5.71. The Hall–Kier alpha value is -1.94. The summed E-state index contributed by atoms with van der Waals surface area (Å²) >= 11 is 0. The molecule has 4 nitrogen and oxygen atoms in total. The number of aromatic nitrogens is 2. The molecule has 0 N–H and O–H groups in total. The number of hydrogen-bond acceptors (Lipinski definition) is 4. The van der Waals surface area contributed by atoms with Crippen molar-refractivity contribution in [2.45, 2.75) is 33.4 Å². The van der Waals surface area contributed by atoms with Gasteiger partial charge in [-0.1, -0.05) is 18.2 Å². The molecule has 4 heteroatoms. The molecule has 0 bridgehead atoms. The van der Waals surface area contributed by atoms with Gasteiger partial charge in [-0.3, -0.25) is 4.90 Å². The maximum atomic E-state index is 5.71. The number of fused-ring (bicyclic) bond motifs is 1. The molecule has 21 heavy (non-hydrogen) atoms. The van der Waals surface area contributed by atoms with E-state index >= 15 is 0 Å². The van der Waals surface area contributed by atoms with Crippen LogP contribution in [0.2, 0.25) is 0 Å².